The molecule has 3 rings (SSSR count). The van der Waals surface area contributed by atoms with Crippen molar-refractivity contribution in [3.05, 3.63) is 68.8 Å². The Hall–Kier alpha value is -1.77. The van der Waals surface area contributed by atoms with Gasteiger partial charge in [-0.15, -0.1) is 0 Å². The second-order valence-corrected chi connectivity index (χ2v) is 5.98. The zero-order valence-electron chi connectivity index (χ0n) is 11.6. The van der Waals surface area contributed by atoms with E-state index in [0.29, 0.717) is 26.6 Å². The Kier molecular flexibility index (Phi) is 3.52. The monoisotopic (exact) mass is 317 g/mol. The smallest absolute Gasteiger partial charge is 0.195 e. The number of nitrogens with one attached hydrogen (secondary N) is 1. The van der Waals surface area contributed by atoms with Crippen LogP contribution in [0.25, 0.3) is 10.9 Å². The van der Waals surface area contributed by atoms with Gasteiger partial charge in [0.1, 0.15) is 0 Å². The summed E-state index contributed by atoms with van der Waals surface area (Å²) >= 11 is 12.2. The normalized spacial score (nSPS) is 11.0. The lowest BCUT2D eigenvalue weighted by Crippen LogP contribution is -2.01. The third kappa shape index (κ3) is 2.45. The minimum absolute atomic E-state index is 0.0476. The minimum atomic E-state index is -0.0476. The van der Waals surface area contributed by atoms with E-state index in [1.165, 1.54) is 0 Å². The van der Waals surface area contributed by atoms with Crippen molar-refractivity contribution >= 4 is 39.9 Å². The molecule has 0 aliphatic carbocycles. The largest absolute Gasteiger partial charge is 0.360 e. The van der Waals surface area contributed by atoms with Crippen LogP contribution < -0.4 is 0 Å². The van der Waals surface area contributed by atoms with Crippen LogP contribution in [-0.4, -0.2) is 10.8 Å². The fraction of sp³-hybridized carbons (Fsp3) is 0.118. The Balaban J connectivity index is 2.16. The van der Waals surface area contributed by atoms with E-state index in [2.05, 4.69) is 4.98 Å². The van der Waals surface area contributed by atoms with Gasteiger partial charge in [-0.05, 0) is 43.2 Å². The molecule has 21 heavy (non-hydrogen) atoms. The molecule has 106 valence electrons. The van der Waals surface area contributed by atoms with Gasteiger partial charge in [0.25, 0.3) is 0 Å². The molecular weight excluding hydrogens is 305 g/mol. The average molecular weight is 318 g/mol. The molecule has 0 spiro atoms. The maximum Gasteiger partial charge on any atom is 0.195 e. The number of hydrogen-bond donors (Lipinski definition) is 1. The van der Waals surface area contributed by atoms with Crippen molar-refractivity contribution in [3.8, 4) is 0 Å². The molecule has 2 aromatic carbocycles. The van der Waals surface area contributed by atoms with Crippen LogP contribution >= 0.6 is 23.2 Å². The molecule has 0 bridgehead atoms. The zero-order chi connectivity index (χ0) is 15.1. The molecule has 4 heteroatoms. The first-order chi connectivity index (χ1) is 9.97. The summed E-state index contributed by atoms with van der Waals surface area (Å²) in [6.45, 7) is 4.02. The maximum absolute atomic E-state index is 12.7. The first-order valence-corrected chi connectivity index (χ1v) is 7.31. The van der Waals surface area contributed by atoms with Crippen LogP contribution in [0.4, 0.5) is 0 Å². The summed E-state index contributed by atoms with van der Waals surface area (Å²) in [5.74, 6) is -0.0476. The highest BCUT2D eigenvalue weighted by Crippen LogP contribution is 2.31. The number of H-pyrrole nitrogens is 1. The Bertz CT molecular complexity index is 865. The van der Waals surface area contributed by atoms with Gasteiger partial charge in [-0.1, -0.05) is 35.3 Å². The summed E-state index contributed by atoms with van der Waals surface area (Å²) < 4.78 is 0. The molecule has 0 unspecified atom stereocenters. The molecule has 0 aliphatic rings. The number of rotatable bonds is 2. The number of carbonyl (C=O) groups excluding carboxylic acids is 1. The Morgan fingerprint density at radius 1 is 1.05 bits per heavy atom. The first-order valence-electron chi connectivity index (χ1n) is 6.55. The topological polar surface area (TPSA) is 32.9 Å². The molecule has 1 N–H and O–H groups in total. The molecule has 0 saturated heterocycles. The summed E-state index contributed by atoms with van der Waals surface area (Å²) in [7, 11) is 0. The lowest BCUT2D eigenvalue weighted by molar-refractivity contribution is 0.104. The van der Waals surface area contributed by atoms with Crippen molar-refractivity contribution in [3.63, 3.8) is 0 Å². The highest BCUT2D eigenvalue weighted by Gasteiger charge is 2.17. The number of carbonyl (C=O) groups is 1. The van der Waals surface area contributed by atoms with Crippen LogP contribution in [-0.2, 0) is 0 Å². The van der Waals surface area contributed by atoms with Gasteiger partial charge in [0.2, 0.25) is 0 Å². The SMILES string of the molecule is Cc1ccc(C(=O)c2c[nH]c3cc(Cl)cc(Cl)c23)cc1C. The average Bonchev–Trinajstić information content (AvgIpc) is 2.85. The maximum atomic E-state index is 12.7. The predicted molar refractivity (Wildman–Crippen MR) is 87.7 cm³/mol. The number of fused-ring (bicyclic) bond motifs is 1. The number of aromatic amines is 1. The molecule has 2 nitrogen and oxygen atoms in total. The van der Waals surface area contributed by atoms with Crippen molar-refractivity contribution in [2.24, 2.45) is 0 Å². The van der Waals surface area contributed by atoms with E-state index >= 15 is 0 Å². The molecule has 0 saturated carbocycles. The third-order valence-electron chi connectivity index (χ3n) is 3.71. The molecule has 0 atom stereocenters. The Morgan fingerprint density at radius 3 is 2.52 bits per heavy atom. The van der Waals surface area contributed by atoms with Gasteiger partial charge in [0, 0.05) is 33.2 Å². The van der Waals surface area contributed by atoms with Gasteiger partial charge >= 0.3 is 0 Å². The molecule has 0 amide bonds. The van der Waals surface area contributed by atoms with Crippen molar-refractivity contribution in [2.75, 3.05) is 0 Å². The van der Waals surface area contributed by atoms with Crippen LogP contribution in [0.3, 0.4) is 0 Å². The van der Waals surface area contributed by atoms with Crippen LogP contribution in [0, 0.1) is 13.8 Å². The quantitative estimate of drug-likeness (QED) is 0.637. The molecule has 0 radical (unpaired) electrons. The third-order valence-corrected chi connectivity index (χ3v) is 4.23. The highest BCUT2D eigenvalue weighted by molar-refractivity contribution is 6.40. The molecule has 1 aromatic heterocycles. The number of halogens is 2. The molecule has 1 heterocycles. The first kappa shape index (κ1) is 14.2. The Labute approximate surface area is 132 Å². The predicted octanol–water partition coefficient (Wildman–Crippen LogP) is 5.32. The number of aromatic nitrogens is 1. The molecule has 0 fully saturated rings. The van der Waals surface area contributed by atoms with Gasteiger partial charge in [-0.25, -0.2) is 0 Å². The molecular formula is C17H13Cl2NO. The van der Waals surface area contributed by atoms with Crippen LogP contribution in [0.5, 0.6) is 0 Å². The lowest BCUT2D eigenvalue weighted by Gasteiger charge is -2.05. The number of aryl methyl sites for hydroxylation is 2. The fourth-order valence-electron chi connectivity index (χ4n) is 2.40. The second-order valence-electron chi connectivity index (χ2n) is 5.14. The number of ketones is 1. The lowest BCUT2D eigenvalue weighted by atomic mass is 9.99. The highest BCUT2D eigenvalue weighted by atomic mass is 35.5. The van der Waals surface area contributed by atoms with Crippen LogP contribution in [0.15, 0.2) is 36.5 Å². The van der Waals surface area contributed by atoms with E-state index in [4.69, 9.17) is 23.2 Å². The minimum Gasteiger partial charge on any atom is -0.360 e. The van der Waals surface area contributed by atoms with Gasteiger partial charge in [-0.2, -0.15) is 0 Å². The van der Waals surface area contributed by atoms with Gasteiger partial charge in [0.15, 0.2) is 5.78 Å². The standard InChI is InChI=1S/C17H13Cl2NO/c1-9-3-4-11(5-10(9)2)17(21)13-8-20-15-7-12(18)6-14(19)16(13)15/h3-8,20H,1-2H3. The van der Waals surface area contributed by atoms with Gasteiger partial charge in [0.05, 0.1) is 5.02 Å². The van der Waals surface area contributed by atoms with Crippen molar-refractivity contribution in [1.82, 2.24) is 4.98 Å². The van der Waals surface area contributed by atoms with Gasteiger partial charge in [-0.3, -0.25) is 4.79 Å². The van der Waals surface area contributed by atoms with Crippen molar-refractivity contribution < 1.29 is 4.79 Å². The summed E-state index contributed by atoms with van der Waals surface area (Å²) in [4.78, 5) is 15.8. The van der Waals surface area contributed by atoms with E-state index in [9.17, 15) is 4.79 Å². The van der Waals surface area contributed by atoms with Crippen LogP contribution in [0.2, 0.25) is 10.0 Å². The summed E-state index contributed by atoms with van der Waals surface area (Å²) in [5.41, 5.74) is 4.24. The van der Waals surface area contributed by atoms with E-state index < -0.39 is 0 Å². The van der Waals surface area contributed by atoms with Crippen molar-refractivity contribution in [2.45, 2.75) is 13.8 Å². The van der Waals surface area contributed by atoms with E-state index in [-0.39, 0.29) is 5.78 Å². The summed E-state index contributed by atoms with van der Waals surface area (Å²) in [6.07, 6.45) is 1.68. The summed E-state index contributed by atoms with van der Waals surface area (Å²) in [5, 5.41) is 1.73. The van der Waals surface area contributed by atoms with Crippen LogP contribution in [0.1, 0.15) is 27.0 Å². The van der Waals surface area contributed by atoms with E-state index in [1.54, 1.807) is 18.3 Å². The Morgan fingerprint density at radius 2 is 1.81 bits per heavy atom. The zero-order valence-corrected chi connectivity index (χ0v) is 13.1. The van der Waals surface area contributed by atoms with E-state index in [0.717, 1.165) is 16.6 Å². The number of benzene rings is 2. The second kappa shape index (κ2) is 5.21. The molecule has 3 aromatic rings. The van der Waals surface area contributed by atoms with Gasteiger partial charge < -0.3 is 4.98 Å². The number of hydrogen-bond acceptors (Lipinski definition) is 1. The van der Waals surface area contributed by atoms with E-state index in [1.807, 2.05) is 32.0 Å². The fourth-order valence-corrected chi connectivity index (χ4v) is 3.00. The molecule has 0 aliphatic heterocycles. The summed E-state index contributed by atoms with van der Waals surface area (Å²) in [6, 6.07) is 9.11. The van der Waals surface area contributed by atoms with Crippen molar-refractivity contribution in [1.29, 1.82) is 0 Å².